The van der Waals surface area contributed by atoms with Gasteiger partial charge in [-0.3, -0.25) is 4.79 Å². The van der Waals surface area contributed by atoms with Gasteiger partial charge >= 0.3 is 0 Å². The van der Waals surface area contributed by atoms with Crippen LogP contribution < -0.4 is 4.74 Å². The van der Waals surface area contributed by atoms with Crippen LogP contribution in [0.25, 0.3) is 0 Å². The summed E-state index contributed by atoms with van der Waals surface area (Å²) in [4.78, 5) is 14.8. The molecule has 0 aliphatic heterocycles. The number of rotatable bonds is 6. The van der Waals surface area contributed by atoms with E-state index in [1.165, 1.54) is 0 Å². The molecule has 1 aliphatic carbocycles. The molecule has 1 amide bonds. The topological polar surface area (TPSA) is 49.8 Å². The Morgan fingerprint density at radius 2 is 1.85 bits per heavy atom. The molecule has 1 N–H and O–H groups in total. The predicted octanol–water partition coefficient (Wildman–Crippen LogP) is 4.32. The average Bonchev–Trinajstić information content (AvgIpc) is 2.69. The predicted molar refractivity (Wildman–Crippen MR) is 102 cm³/mol. The van der Waals surface area contributed by atoms with E-state index in [9.17, 15) is 9.90 Å². The van der Waals surface area contributed by atoms with Crippen molar-refractivity contribution in [3.8, 4) is 11.5 Å². The van der Waals surface area contributed by atoms with E-state index in [-0.39, 0.29) is 11.7 Å². The molecule has 0 unspecified atom stereocenters. The van der Waals surface area contributed by atoms with Gasteiger partial charge in [-0.25, -0.2) is 0 Å². The summed E-state index contributed by atoms with van der Waals surface area (Å²) in [5.74, 6) is 0.606. The van der Waals surface area contributed by atoms with Crippen molar-refractivity contribution in [2.24, 2.45) is 0 Å². The molecule has 134 valence electrons. The van der Waals surface area contributed by atoms with E-state index in [0.29, 0.717) is 18.7 Å². The van der Waals surface area contributed by atoms with Gasteiger partial charge in [-0.1, -0.05) is 42.5 Å². The second-order valence-electron chi connectivity index (χ2n) is 6.29. The summed E-state index contributed by atoms with van der Waals surface area (Å²) in [7, 11) is 1.63. The van der Waals surface area contributed by atoms with Gasteiger partial charge in [0.25, 0.3) is 5.91 Å². The zero-order chi connectivity index (χ0) is 18.4. The lowest BCUT2D eigenvalue weighted by Crippen LogP contribution is -2.32. The van der Waals surface area contributed by atoms with E-state index in [0.717, 1.165) is 29.7 Å². The number of aromatic hydroxyl groups is 1. The molecule has 0 aromatic heterocycles. The molecule has 2 aromatic carbocycles. The van der Waals surface area contributed by atoms with Gasteiger partial charge in [-0.2, -0.15) is 0 Å². The third-order valence-electron chi connectivity index (χ3n) is 4.40. The van der Waals surface area contributed by atoms with Gasteiger partial charge in [0, 0.05) is 13.1 Å². The number of benzene rings is 2. The van der Waals surface area contributed by atoms with Crippen LogP contribution >= 0.6 is 0 Å². The first-order valence-electron chi connectivity index (χ1n) is 8.73. The number of para-hydroxylation sites is 1. The highest BCUT2D eigenvalue weighted by molar-refractivity contribution is 5.97. The maximum atomic E-state index is 13.1. The van der Waals surface area contributed by atoms with Crippen LogP contribution in [-0.2, 0) is 6.54 Å². The standard InChI is InChI=1S/C22H23NO3/c1-26-19-13-11-18(12-14-19)16-23(15-17-7-3-2-4-8-17)22(25)20-9-5-6-10-21(20)24/h3,5-14,24H,2,4,15-16H2,1H3. The van der Waals surface area contributed by atoms with E-state index < -0.39 is 0 Å². The smallest absolute Gasteiger partial charge is 0.258 e. The van der Waals surface area contributed by atoms with E-state index >= 15 is 0 Å². The molecule has 0 atom stereocenters. The number of phenols is 1. The van der Waals surface area contributed by atoms with Gasteiger partial charge in [0.05, 0.1) is 12.7 Å². The Morgan fingerprint density at radius 1 is 1.08 bits per heavy atom. The molecule has 0 spiro atoms. The lowest BCUT2D eigenvalue weighted by molar-refractivity contribution is 0.0756. The van der Waals surface area contributed by atoms with Crippen LogP contribution in [-0.4, -0.2) is 29.6 Å². The number of allylic oxidation sites excluding steroid dienone is 2. The fraction of sp³-hybridized carbons (Fsp3) is 0.227. The summed E-state index contributed by atoms with van der Waals surface area (Å²) >= 11 is 0. The van der Waals surface area contributed by atoms with E-state index in [1.54, 1.807) is 36.3 Å². The molecule has 4 heteroatoms. The highest BCUT2D eigenvalue weighted by Gasteiger charge is 2.20. The fourth-order valence-electron chi connectivity index (χ4n) is 2.98. The Hall–Kier alpha value is -3.01. The van der Waals surface area contributed by atoms with Crippen molar-refractivity contribution >= 4 is 5.91 Å². The van der Waals surface area contributed by atoms with Gasteiger partial charge in [0.2, 0.25) is 0 Å². The molecule has 0 saturated carbocycles. The van der Waals surface area contributed by atoms with E-state index in [4.69, 9.17) is 4.74 Å². The maximum absolute atomic E-state index is 13.1. The molecular weight excluding hydrogens is 326 g/mol. The maximum Gasteiger partial charge on any atom is 0.258 e. The number of phenolic OH excluding ortho intramolecular Hbond substituents is 1. The average molecular weight is 349 g/mol. The molecule has 0 bridgehead atoms. The first-order chi connectivity index (χ1) is 12.7. The van der Waals surface area contributed by atoms with Crippen LogP contribution in [0.2, 0.25) is 0 Å². The van der Waals surface area contributed by atoms with Crippen molar-refractivity contribution in [3.63, 3.8) is 0 Å². The SMILES string of the molecule is COc1ccc(CN(CC2=CCCC=C2)C(=O)c2ccccc2O)cc1. The number of nitrogens with zero attached hydrogens (tertiary/aromatic N) is 1. The minimum Gasteiger partial charge on any atom is -0.507 e. The molecule has 2 aromatic rings. The number of hydrogen-bond acceptors (Lipinski definition) is 3. The Morgan fingerprint density at radius 3 is 2.50 bits per heavy atom. The van der Waals surface area contributed by atoms with E-state index in [2.05, 4.69) is 18.2 Å². The van der Waals surface area contributed by atoms with Crippen molar-refractivity contribution in [2.45, 2.75) is 19.4 Å². The van der Waals surface area contributed by atoms with Crippen LogP contribution in [0.3, 0.4) is 0 Å². The summed E-state index contributed by atoms with van der Waals surface area (Å²) in [6, 6.07) is 14.4. The number of methoxy groups -OCH3 is 1. The summed E-state index contributed by atoms with van der Waals surface area (Å²) in [5, 5.41) is 10.1. The van der Waals surface area contributed by atoms with Gasteiger partial charge in [0.15, 0.2) is 0 Å². The van der Waals surface area contributed by atoms with Crippen LogP contribution in [0, 0.1) is 0 Å². The van der Waals surface area contributed by atoms with Crippen molar-refractivity contribution in [1.29, 1.82) is 0 Å². The Balaban J connectivity index is 1.85. The summed E-state index contributed by atoms with van der Waals surface area (Å²) in [5.41, 5.74) is 2.45. The van der Waals surface area contributed by atoms with Crippen molar-refractivity contribution in [3.05, 3.63) is 83.5 Å². The second-order valence-corrected chi connectivity index (χ2v) is 6.29. The molecule has 4 nitrogen and oxygen atoms in total. The Labute approximate surface area is 154 Å². The number of ether oxygens (including phenoxy) is 1. The number of hydrogen-bond donors (Lipinski definition) is 1. The highest BCUT2D eigenvalue weighted by Crippen LogP contribution is 2.22. The zero-order valence-electron chi connectivity index (χ0n) is 14.9. The third kappa shape index (κ3) is 4.33. The molecule has 0 heterocycles. The van der Waals surface area contributed by atoms with Crippen molar-refractivity contribution in [1.82, 2.24) is 4.90 Å². The number of carbonyl (C=O) groups is 1. The van der Waals surface area contributed by atoms with Crippen LogP contribution in [0.4, 0.5) is 0 Å². The summed E-state index contributed by atoms with van der Waals surface area (Å²) in [6.45, 7) is 0.970. The van der Waals surface area contributed by atoms with Crippen LogP contribution in [0.1, 0.15) is 28.8 Å². The normalized spacial score (nSPS) is 13.2. The lowest BCUT2D eigenvalue weighted by atomic mass is 10.1. The van der Waals surface area contributed by atoms with Gasteiger partial charge in [-0.15, -0.1) is 0 Å². The molecular formula is C22H23NO3. The monoisotopic (exact) mass is 349 g/mol. The quantitative estimate of drug-likeness (QED) is 0.845. The van der Waals surface area contributed by atoms with Crippen LogP contribution in [0.15, 0.2) is 72.3 Å². The summed E-state index contributed by atoms with van der Waals surface area (Å²) in [6.07, 6.45) is 8.40. The molecule has 0 radical (unpaired) electrons. The summed E-state index contributed by atoms with van der Waals surface area (Å²) < 4.78 is 5.20. The minimum atomic E-state index is -0.182. The molecule has 0 saturated heterocycles. The first-order valence-corrected chi connectivity index (χ1v) is 8.73. The molecule has 0 fully saturated rings. The van der Waals surface area contributed by atoms with Gasteiger partial charge < -0.3 is 14.7 Å². The number of carbonyl (C=O) groups excluding carboxylic acids is 1. The third-order valence-corrected chi connectivity index (χ3v) is 4.40. The van der Waals surface area contributed by atoms with Gasteiger partial charge in [0.1, 0.15) is 11.5 Å². The molecule has 1 aliphatic rings. The number of amides is 1. The van der Waals surface area contributed by atoms with Crippen LogP contribution in [0.5, 0.6) is 11.5 Å². The van der Waals surface area contributed by atoms with Crippen molar-refractivity contribution < 1.29 is 14.6 Å². The molecule has 26 heavy (non-hydrogen) atoms. The van der Waals surface area contributed by atoms with Gasteiger partial charge in [-0.05, 0) is 48.2 Å². The molecule has 3 rings (SSSR count). The largest absolute Gasteiger partial charge is 0.507 e. The first kappa shape index (κ1) is 17.8. The highest BCUT2D eigenvalue weighted by atomic mass is 16.5. The Kier molecular flexibility index (Phi) is 5.74. The minimum absolute atomic E-state index is 0.00500. The van der Waals surface area contributed by atoms with E-state index in [1.807, 2.05) is 24.3 Å². The fourth-order valence-corrected chi connectivity index (χ4v) is 2.98. The van der Waals surface area contributed by atoms with Crippen molar-refractivity contribution in [2.75, 3.05) is 13.7 Å². The zero-order valence-corrected chi connectivity index (χ0v) is 14.9. The second kappa shape index (κ2) is 8.39. The Bertz CT molecular complexity index is 822. The lowest BCUT2D eigenvalue weighted by Gasteiger charge is -2.25.